The zero-order valence-electron chi connectivity index (χ0n) is 20.7. The van der Waals surface area contributed by atoms with E-state index in [1.54, 1.807) is 25.1 Å². The third-order valence-corrected chi connectivity index (χ3v) is 6.87. The summed E-state index contributed by atoms with van der Waals surface area (Å²) in [7, 11) is 0. The molecule has 12 heteroatoms. The summed E-state index contributed by atoms with van der Waals surface area (Å²) in [6, 6.07) is 11.4. The number of aliphatic hydroxyl groups excluding tert-OH is 2. The van der Waals surface area contributed by atoms with Crippen molar-refractivity contribution in [2.45, 2.75) is 32.6 Å². The van der Waals surface area contributed by atoms with Crippen molar-refractivity contribution in [3.05, 3.63) is 94.4 Å². The number of nitrogens with two attached hydrogens (primary N) is 1. The van der Waals surface area contributed by atoms with Gasteiger partial charge in [-0.05, 0) is 54.4 Å². The Balaban J connectivity index is 1.55. The van der Waals surface area contributed by atoms with E-state index in [2.05, 4.69) is 20.6 Å². The van der Waals surface area contributed by atoms with Crippen molar-refractivity contribution >= 4 is 34.0 Å². The van der Waals surface area contributed by atoms with Crippen LogP contribution in [0.5, 0.6) is 0 Å². The molecule has 3 heterocycles. The van der Waals surface area contributed by atoms with Crippen LogP contribution in [0.3, 0.4) is 0 Å². The molecule has 0 fully saturated rings. The van der Waals surface area contributed by atoms with Crippen LogP contribution < -0.4 is 16.4 Å². The number of hydrogen-bond donors (Lipinski definition) is 5. The van der Waals surface area contributed by atoms with E-state index in [1.807, 2.05) is 0 Å². The molecule has 1 unspecified atom stereocenters. The highest BCUT2D eigenvalue weighted by atomic mass is 32.1. The molecule has 0 aliphatic carbocycles. The molecular formula is C27H25F2N5O4S. The molecule has 2 amide bonds. The Morgan fingerprint density at radius 2 is 1.85 bits per heavy atom. The largest absolute Gasteiger partial charge is 0.390 e. The lowest BCUT2D eigenvalue weighted by atomic mass is 10.0. The van der Waals surface area contributed by atoms with Crippen LogP contribution in [-0.2, 0) is 13.2 Å². The fraction of sp³-hybridized carbons (Fsp3) is 0.185. The zero-order chi connectivity index (χ0) is 28.1. The Hall–Kier alpha value is -4.26. The van der Waals surface area contributed by atoms with Crippen LogP contribution in [-0.4, -0.2) is 32.0 Å². The fourth-order valence-corrected chi connectivity index (χ4v) is 4.91. The molecule has 202 valence electrons. The molecule has 0 bridgehead atoms. The molecule has 1 aromatic carbocycles. The molecule has 4 aromatic rings. The molecular weight excluding hydrogens is 528 g/mol. The van der Waals surface area contributed by atoms with Crippen LogP contribution >= 0.6 is 11.3 Å². The van der Waals surface area contributed by atoms with E-state index in [0.717, 1.165) is 23.5 Å². The maximum Gasteiger partial charge on any atom is 0.251 e. The van der Waals surface area contributed by atoms with E-state index in [9.17, 15) is 28.6 Å². The number of rotatable bonds is 10. The lowest BCUT2D eigenvalue weighted by Crippen LogP contribution is -2.23. The highest BCUT2D eigenvalue weighted by Gasteiger charge is 2.22. The molecule has 6 N–H and O–H groups in total. The number of pyridine rings is 2. The van der Waals surface area contributed by atoms with Gasteiger partial charge in [0.25, 0.3) is 11.8 Å². The van der Waals surface area contributed by atoms with Crippen LogP contribution in [0.4, 0.5) is 19.6 Å². The van der Waals surface area contributed by atoms with Gasteiger partial charge in [0.2, 0.25) is 0 Å². The van der Waals surface area contributed by atoms with E-state index in [1.165, 1.54) is 24.4 Å². The third-order valence-electron chi connectivity index (χ3n) is 5.80. The van der Waals surface area contributed by atoms with Crippen molar-refractivity contribution < 1.29 is 28.6 Å². The summed E-state index contributed by atoms with van der Waals surface area (Å²) in [6.45, 7) is 1.48. The molecule has 0 aliphatic heterocycles. The molecule has 0 saturated carbocycles. The molecule has 4 rings (SSSR count). The Morgan fingerprint density at radius 3 is 2.51 bits per heavy atom. The van der Waals surface area contributed by atoms with Gasteiger partial charge in [-0.1, -0.05) is 13.0 Å². The van der Waals surface area contributed by atoms with Gasteiger partial charge < -0.3 is 26.6 Å². The van der Waals surface area contributed by atoms with Crippen molar-refractivity contribution in [3.8, 4) is 10.4 Å². The Bertz CT molecular complexity index is 1500. The Kier molecular flexibility index (Phi) is 8.59. The first-order valence-electron chi connectivity index (χ1n) is 11.9. The number of nitrogens with one attached hydrogen (secondary N) is 2. The van der Waals surface area contributed by atoms with Crippen LogP contribution in [0, 0.1) is 11.6 Å². The fourth-order valence-electron chi connectivity index (χ4n) is 3.79. The van der Waals surface area contributed by atoms with Crippen LogP contribution in [0.15, 0.2) is 54.7 Å². The van der Waals surface area contributed by atoms with Gasteiger partial charge in [-0.15, -0.1) is 11.3 Å². The molecule has 1 atom stereocenters. The second-order valence-corrected chi connectivity index (χ2v) is 9.57. The maximum absolute atomic E-state index is 14.9. The summed E-state index contributed by atoms with van der Waals surface area (Å²) in [5, 5.41) is 25.1. The second-order valence-electron chi connectivity index (χ2n) is 8.52. The van der Waals surface area contributed by atoms with E-state index in [-0.39, 0.29) is 45.6 Å². The number of anilines is 2. The quantitative estimate of drug-likeness (QED) is 0.198. The van der Waals surface area contributed by atoms with Crippen molar-refractivity contribution in [2.75, 3.05) is 5.32 Å². The summed E-state index contributed by atoms with van der Waals surface area (Å²) >= 11 is 0.918. The molecule has 9 nitrogen and oxygen atoms in total. The average molecular weight is 554 g/mol. The Labute approximate surface area is 226 Å². The van der Waals surface area contributed by atoms with Crippen LogP contribution in [0.25, 0.3) is 10.4 Å². The van der Waals surface area contributed by atoms with Gasteiger partial charge in [0.1, 0.15) is 22.5 Å². The van der Waals surface area contributed by atoms with Gasteiger partial charge in [0, 0.05) is 16.6 Å². The third kappa shape index (κ3) is 6.42. The number of aromatic nitrogens is 2. The van der Waals surface area contributed by atoms with Gasteiger partial charge in [-0.2, -0.15) is 0 Å². The summed E-state index contributed by atoms with van der Waals surface area (Å²) in [4.78, 5) is 33.1. The van der Waals surface area contributed by atoms with Crippen molar-refractivity contribution in [2.24, 2.45) is 5.73 Å². The number of primary amides is 1. The van der Waals surface area contributed by atoms with Gasteiger partial charge >= 0.3 is 0 Å². The van der Waals surface area contributed by atoms with Crippen molar-refractivity contribution in [1.82, 2.24) is 15.3 Å². The second kappa shape index (κ2) is 12.1. The molecule has 3 aromatic heterocycles. The number of hydrogen-bond acceptors (Lipinski definition) is 8. The summed E-state index contributed by atoms with van der Waals surface area (Å²) in [6.07, 6.45) is 0.715. The molecule has 0 saturated heterocycles. The number of thiophene rings is 1. The normalized spacial score (nSPS) is 11.7. The monoisotopic (exact) mass is 553 g/mol. The number of aliphatic hydroxyl groups is 2. The number of carbonyl (C=O) groups excluding carboxylic acids is 2. The van der Waals surface area contributed by atoms with E-state index >= 15 is 0 Å². The molecule has 39 heavy (non-hydrogen) atoms. The predicted octanol–water partition coefficient (Wildman–Crippen LogP) is 4.19. The molecule has 0 spiro atoms. The number of halogens is 2. The van der Waals surface area contributed by atoms with E-state index in [0.29, 0.717) is 29.2 Å². The maximum atomic E-state index is 14.9. The predicted molar refractivity (Wildman–Crippen MR) is 142 cm³/mol. The minimum Gasteiger partial charge on any atom is -0.390 e. The first kappa shape index (κ1) is 27.8. The minimum atomic E-state index is -1.00. The molecule has 0 radical (unpaired) electrons. The molecule has 0 aliphatic rings. The van der Waals surface area contributed by atoms with Crippen molar-refractivity contribution in [1.29, 1.82) is 0 Å². The topological polar surface area (TPSA) is 150 Å². The standard InChI is InChI=1S/C27H25F2N5O4S/c1-2-21(36)15-9-19(28)24(20(29)10-15)22-11-18(25(30)37)27(39-22)34-23-5-3-4-16(33-23)12-32-26(38)14-6-7-31-17(8-14)13-35/h3-11,21,35-36H,2,12-13H2,1H3,(H2,30,37)(H,32,38)(H,33,34). The zero-order valence-corrected chi connectivity index (χ0v) is 21.6. The summed E-state index contributed by atoms with van der Waals surface area (Å²) in [5.41, 5.74) is 6.50. The van der Waals surface area contributed by atoms with Crippen LogP contribution in [0.2, 0.25) is 0 Å². The summed E-state index contributed by atoms with van der Waals surface area (Å²) < 4.78 is 29.8. The van der Waals surface area contributed by atoms with Crippen LogP contribution in [0.1, 0.15) is 57.1 Å². The minimum absolute atomic E-state index is 0.0179. The average Bonchev–Trinajstić information content (AvgIpc) is 3.34. The number of carbonyl (C=O) groups is 2. The lowest BCUT2D eigenvalue weighted by Gasteiger charge is -2.11. The van der Waals surface area contributed by atoms with E-state index in [4.69, 9.17) is 5.73 Å². The van der Waals surface area contributed by atoms with Gasteiger partial charge in [-0.25, -0.2) is 13.8 Å². The first-order valence-corrected chi connectivity index (χ1v) is 12.7. The number of benzene rings is 1. The van der Waals surface area contributed by atoms with E-state index < -0.39 is 23.6 Å². The summed E-state index contributed by atoms with van der Waals surface area (Å²) in [5.74, 6) is -2.63. The Morgan fingerprint density at radius 1 is 1.10 bits per heavy atom. The van der Waals surface area contributed by atoms with Gasteiger partial charge in [-0.3, -0.25) is 14.6 Å². The first-order chi connectivity index (χ1) is 18.7. The number of amides is 2. The lowest BCUT2D eigenvalue weighted by molar-refractivity contribution is 0.0948. The smallest absolute Gasteiger partial charge is 0.251 e. The van der Waals surface area contributed by atoms with Gasteiger partial charge in [0.15, 0.2) is 0 Å². The van der Waals surface area contributed by atoms with Crippen molar-refractivity contribution in [3.63, 3.8) is 0 Å². The SMILES string of the molecule is CCC(O)c1cc(F)c(-c2cc(C(N)=O)c(Nc3cccc(CNC(=O)c4ccnc(CO)c4)n3)s2)c(F)c1. The van der Waals surface area contributed by atoms with Gasteiger partial charge in [0.05, 0.1) is 41.8 Å². The highest BCUT2D eigenvalue weighted by Crippen LogP contribution is 2.40. The highest BCUT2D eigenvalue weighted by molar-refractivity contribution is 7.20. The number of nitrogens with zero attached hydrogens (tertiary/aromatic N) is 2.